The molecule has 2 rings (SSSR count). The second-order valence-electron chi connectivity index (χ2n) is 5.24. The molecule has 112 valence electrons. The maximum absolute atomic E-state index is 12.6. The van der Waals surface area contributed by atoms with Gasteiger partial charge in [0.1, 0.15) is 5.54 Å². The first-order valence-corrected chi connectivity index (χ1v) is 7.98. The monoisotopic (exact) mass is 308 g/mol. The van der Waals surface area contributed by atoms with Crippen LogP contribution >= 0.6 is 0 Å². The number of carbonyl (C=O) groups is 1. The third-order valence-corrected chi connectivity index (χ3v) is 5.86. The highest BCUT2D eigenvalue weighted by Crippen LogP contribution is 2.34. The number of carboxylic acid groups (broad SMARTS) is 1. The van der Waals surface area contributed by atoms with Gasteiger partial charge in [0.05, 0.1) is 17.4 Å². The maximum atomic E-state index is 12.6. The Labute approximate surface area is 123 Å². The molecule has 7 heteroatoms. The van der Waals surface area contributed by atoms with Crippen LogP contribution in [0.1, 0.15) is 25.3 Å². The number of sulfonamides is 1. The van der Waals surface area contributed by atoms with Crippen molar-refractivity contribution in [2.24, 2.45) is 0 Å². The molecule has 0 aromatic heterocycles. The van der Waals surface area contributed by atoms with Gasteiger partial charge < -0.3 is 5.11 Å². The zero-order chi connectivity index (χ0) is 15.7. The van der Waals surface area contributed by atoms with Crippen molar-refractivity contribution < 1.29 is 18.3 Å². The quantitative estimate of drug-likeness (QED) is 0.906. The van der Waals surface area contributed by atoms with Crippen LogP contribution in [0.3, 0.4) is 0 Å². The highest BCUT2D eigenvalue weighted by Gasteiger charge is 2.49. The Morgan fingerprint density at radius 3 is 2.57 bits per heavy atom. The molecule has 1 atom stereocenters. The van der Waals surface area contributed by atoms with Gasteiger partial charge in [-0.05, 0) is 37.5 Å². The molecule has 1 aromatic carbocycles. The molecule has 1 aliphatic rings. The van der Waals surface area contributed by atoms with E-state index < -0.39 is 21.5 Å². The number of nitrogens with zero attached hydrogens (tertiary/aromatic N) is 2. The van der Waals surface area contributed by atoms with Gasteiger partial charge in [0, 0.05) is 6.54 Å². The zero-order valence-corrected chi connectivity index (χ0v) is 12.4. The molecule has 1 heterocycles. The van der Waals surface area contributed by atoms with Gasteiger partial charge in [-0.2, -0.15) is 9.57 Å². The van der Waals surface area contributed by atoms with Crippen LogP contribution in [0.15, 0.2) is 29.2 Å². The smallest absolute Gasteiger partial charge is 0.324 e. The van der Waals surface area contributed by atoms with E-state index in [9.17, 15) is 18.3 Å². The fourth-order valence-electron chi connectivity index (χ4n) is 2.54. The normalized spacial score (nSPS) is 22.9. The van der Waals surface area contributed by atoms with Crippen molar-refractivity contribution in [2.45, 2.75) is 36.6 Å². The van der Waals surface area contributed by atoms with Gasteiger partial charge in [-0.15, -0.1) is 0 Å². The molecule has 1 aliphatic heterocycles. The topological polar surface area (TPSA) is 98.5 Å². The highest BCUT2D eigenvalue weighted by atomic mass is 32.2. The minimum Gasteiger partial charge on any atom is -0.480 e. The van der Waals surface area contributed by atoms with Gasteiger partial charge in [-0.25, -0.2) is 8.42 Å². The lowest BCUT2D eigenvalue weighted by Gasteiger charge is -2.30. The van der Waals surface area contributed by atoms with Gasteiger partial charge >= 0.3 is 5.97 Å². The van der Waals surface area contributed by atoms with Crippen LogP contribution in [0.2, 0.25) is 0 Å². The molecule has 0 saturated carbocycles. The lowest BCUT2D eigenvalue weighted by Crippen LogP contribution is -2.50. The fraction of sp³-hybridized carbons (Fsp3) is 0.429. The van der Waals surface area contributed by atoms with Crippen molar-refractivity contribution in [3.05, 3.63) is 29.8 Å². The summed E-state index contributed by atoms with van der Waals surface area (Å²) in [6.45, 7) is 1.63. The molecule has 1 fully saturated rings. The summed E-state index contributed by atoms with van der Waals surface area (Å²) in [6, 6.07) is 7.97. The summed E-state index contributed by atoms with van der Waals surface area (Å²) in [5.41, 5.74) is -0.677. The van der Waals surface area contributed by atoms with Crippen molar-refractivity contribution in [3.63, 3.8) is 0 Å². The summed E-state index contributed by atoms with van der Waals surface area (Å²) in [5, 5.41) is 17.9. The third kappa shape index (κ3) is 2.64. The lowest BCUT2D eigenvalue weighted by molar-refractivity contribution is -0.146. The number of hydrogen-bond acceptors (Lipinski definition) is 4. The van der Waals surface area contributed by atoms with E-state index in [1.807, 2.05) is 6.07 Å². The van der Waals surface area contributed by atoms with Crippen LogP contribution in [-0.2, 0) is 21.2 Å². The average molecular weight is 308 g/mol. The predicted octanol–water partition coefficient (Wildman–Crippen LogP) is 1.38. The molecule has 0 aliphatic carbocycles. The van der Waals surface area contributed by atoms with E-state index in [1.54, 1.807) is 12.1 Å². The van der Waals surface area contributed by atoms with Gasteiger partial charge in [0.25, 0.3) is 0 Å². The highest BCUT2D eigenvalue weighted by molar-refractivity contribution is 7.89. The van der Waals surface area contributed by atoms with Crippen LogP contribution in [0.5, 0.6) is 0 Å². The molecule has 1 saturated heterocycles. The minimum atomic E-state index is -3.85. The van der Waals surface area contributed by atoms with Crippen molar-refractivity contribution in [3.8, 4) is 6.07 Å². The molecule has 0 spiro atoms. The van der Waals surface area contributed by atoms with Crippen LogP contribution in [-0.4, -0.2) is 35.9 Å². The minimum absolute atomic E-state index is 0.0542. The molecular weight excluding hydrogens is 292 g/mol. The van der Waals surface area contributed by atoms with Gasteiger partial charge in [-0.1, -0.05) is 12.1 Å². The largest absolute Gasteiger partial charge is 0.480 e. The van der Waals surface area contributed by atoms with Crippen molar-refractivity contribution in [1.82, 2.24) is 4.31 Å². The first kappa shape index (κ1) is 15.5. The maximum Gasteiger partial charge on any atom is 0.324 e. The zero-order valence-electron chi connectivity index (χ0n) is 11.6. The van der Waals surface area contributed by atoms with E-state index in [4.69, 9.17) is 5.26 Å². The van der Waals surface area contributed by atoms with E-state index >= 15 is 0 Å². The number of nitriles is 1. The number of aliphatic carboxylic acids is 1. The molecule has 1 N–H and O–H groups in total. The number of carboxylic acids is 1. The molecule has 6 nitrogen and oxygen atoms in total. The first-order valence-electron chi connectivity index (χ1n) is 6.54. The standard InChI is InChI=1S/C14H16N2O4S/c1-14(13(17)18)8-2-10-16(14)21(19,20)12-5-3-11(4-6-12)7-9-15/h3-6H,2,7-8,10H2,1H3,(H,17,18). The van der Waals surface area contributed by atoms with Crippen LogP contribution in [0, 0.1) is 11.3 Å². The number of hydrogen-bond donors (Lipinski definition) is 1. The second-order valence-corrected chi connectivity index (χ2v) is 7.10. The Hall–Kier alpha value is -1.91. The van der Waals surface area contributed by atoms with E-state index in [0.29, 0.717) is 12.8 Å². The average Bonchev–Trinajstić information content (AvgIpc) is 2.84. The fourth-order valence-corrected chi connectivity index (χ4v) is 4.34. The van der Waals surface area contributed by atoms with Crippen molar-refractivity contribution >= 4 is 16.0 Å². The Kier molecular flexibility index (Phi) is 4.03. The lowest BCUT2D eigenvalue weighted by atomic mass is 10.0. The Morgan fingerprint density at radius 2 is 2.05 bits per heavy atom. The predicted molar refractivity (Wildman–Crippen MR) is 74.9 cm³/mol. The van der Waals surface area contributed by atoms with Crippen LogP contribution in [0.4, 0.5) is 0 Å². The van der Waals surface area contributed by atoms with Gasteiger partial charge in [0.15, 0.2) is 0 Å². The molecule has 1 aromatic rings. The second kappa shape index (κ2) is 5.47. The van der Waals surface area contributed by atoms with Crippen molar-refractivity contribution in [2.75, 3.05) is 6.54 Å². The third-order valence-electron chi connectivity index (χ3n) is 3.83. The number of rotatable bonds is 4. The number of benzene rings is 1. The van der Waals surface area contributed by atoms with E-state index in [0.717, 1.165) is 9.87 Å². The summed E-state index contributed by atoms with van der Waals surface area (Å²) in [6.07, 6.45) is 1.03. The molecule has 1 unspecified atom stereocenters. The summed E-state index contributed by atoms with van der Waals surface area (Å²) < 4.78 is 26.3. The SMILES string of the molecule is CC1(C(=O)O)CCCN1S(=O)(=O)c1ccc(CC#N)cc1. The molecule has 0 radical (unpaired) electrons. The van der Waals surface area contributed by atoms with E-state index in [1.165, 1.54) is 19.1 Å². The van der Waals surface area contributed by atoms with Crippen LogP contribution < -0.4 is 0 Å². The van der Waals surface area contributed by atoms with Gasteiger partial charge in [0.2, 0.25) is 10.0 Å². The summed E-state index contributed by atoms with van der Waals surface area (Å²) >= 11 is 0. The summed E-state index contributed by atoms with van der Waals surface area (Å²) in [5.74, 6) is -1.13. The first-order chi connectivity index (χ1) is 9.82. The van der Waals surface area contributed by atoms with E-state index in [2.05, 4.69) is 0 Å². The van der Waals surface area contributed by atoms with Gasteiger partial charge in [-0.3, -0.25) is 4.79 Å². The van der Waals surface area contributed by atoms with Crippen molar-refractivity contribution in [1.29, 1.82) is 5.26 Å². The molecule has 0 bridgehead atoms. The Bertz CT molecular complexity index is 691. The van der Waals surface area contributed by atoms with Crippen LogP contribution in [0.25, 0.3) is 0 Å². The summed E-state index contributed by atoms with van der Waals surface area (Å²) in [4.78, 5) is 11.5. The summed E-state index contributed by atoms with van der Waals surface area (Å²) in [7, 11) is -3.85. The Morgan fingerprint density at radius 1 is 1.43 bits per heavy atom. The molecular formula is C14H16N2O4S. The Balaban J connectivity index is 2.38. The van der Waals surface area contributed by atoms with E-state index in [-0.39, 0.29) is 17.9 Å². The molecule has 0 amide bonds. The molecule has 21 heavy (non-hydrogen) atoms.